The van der Waals surface area contributed by atoms with Crippen LogP contribution in [0.2, 0.25) is 0 Å². The van der Waals surface area contributed by atoms with Gasteiger partial charge >= 0.3 is 0 Å². The van der Waals surface area contributed by atoms with Crippen molar-refractivity contribution < 1.29 is 0 Å². The van der Waals surface area contributed by atoms with E-state index in [1.807, 2.05) is 0 Å². The van der Waals surface area contributed by atoms with Crippen LogP contribution in [-0.2, 0) is 6.54 Å². The lowest BCUT2D eigenvalue weighted by Gasteiger charge is -2.38. The summed E-state index contributed by atoms with van der Waals surface area (Å²) in [6.07, 6.45) is 0. The zero-order valence-corrected chi connectivity index (χ0v) is 21.8. The third kappa shape index (κ3) is 6.38. The topological polar surface area (TPSA) is 37.7 Å². The Morgan fingerprint density at radius 2 is 1.24 bits per heavy atom. The van der Waals surface area contributed by atoms with Crippen molar-refractivity contribution in [3.63, 3.8) is 0 Å². The minimum absolute atomic E-state index is 0.852. The zero-order chi connectivity index (χ0) is 24.0. The van der Waals surface area contributed by atoms with E-state index in [-0.39, 0.29) is 0 Å². The van der Waals surface area contributed by atoms with Gasteiger partial charge in [-0.15, -0.1) is 0 Å². The van der Waals surface area contributed by atoms with E-state index >= 15 is 0 Å². The van der Waals surface area contributed by atoms with Crippen LogP contribution in [0.3, 0.4) is 0 Å². The van der Waals surface area contributed by atoms with Gasteiger partial charge in [-0.1, -0.05) is 12.6 Å². The van der Waals surface area contributed by atoms with Crippen LogP contribution < -0.4 is 0 Å². The SMILES string of the molecule is C=C(c1cc(CN2CCN(C(C)=NCC)CC2)c(C)cc1C)N1CCN(C(C)=NCC)CC1. The van der Waals surface area contributed by atoms with Gasteiger partial charge < -0.3 is 14.7 Å². The first kappa shape index (κ1) is 25.3. The summed E-state index contributed by atoms with van der Waals surface area (Å²) < 4.78 is 0. The molecule has 2 heterocycles. The summed E-state index contributed by atoms with van der Waals surface area (Å²) in [6.45, 7) is 28.5. The van der Waals surface area contributed by atoms with Crippen LogP contribution >= 0.6 is 0 Å². The van der Waals surface area contributed by atoms with Crippen molar-refractivity contribution in [3.8, 4) is 0 Å². The molecule has 33 heavy (non-hydrogen) atoms. The number of amidine groups is 2. The van der Waals surface area contributed by atoms with E-state index in [1.54, 1.807) is 0 Å². The molecule has 0 atom stereocenters. The van der Waals surface area contributed by atoms with Gasteiger partial charge in [-0.2, -0.15) is 0 Å². The van der Waals surface area contributed by atoms with Crippen LogP contribution in [0.15, 0.2) is 28.7 Å². The summed E-state index contributed by atoms with van der Waals surface area (Å²) in [5.74, 6) is 2.34. The fourth-order valence-corrected chi connectivity index (χ4v) is 4.98. The Balaban J connectivity index is 1.64. The number of hydrogen-bond donors (Lipinski definition) is 0. The molecule has 2 fully saturated rings. The highest BCUT2D eigenvalue weighted by Gasteiger charge is 2.22. The van der Waals surface area contributed by atoms with Gasteiger partial charge in [0, 0.05) is 83.3 Å². The summed E-state index contributed by atoms with van der Waals surface area (Å²) in [4.78, 5) is 19.0. The van der Waals surface area contributed by atoms with Crippen LogP contribution in [-0.4, -0.2) is 96.7 Å². The first-order chi connectivity index (χ1) is 15.8. The van der Waals surface area contributed by atoms with Crippen molar-refractivity contribution in [1.82, 2.24) is 19.6 Å². The summed E-state index contributed by atoms with van der Waals surface area (Å²) in [5, 5.41) is 0. The third-order valence-electron chi connectivity index (χ3n) is 7.11. The van der Waals surface area contributed by atoms with Crippen molar-refractivity contribution in [3.05, 3.63) is 41.0 Å². The number of benzene rings is 1. The first-order valence-electron chi connectivity index (χ1n) is 12.6. The van der Waals surface area contributed by atoms with E-state index in [0.717, 1.165) is 83.5 Å². The molecular weight excluding hydrogens is 408 g/mol. The normalized spacial score (nSPS) is 18.8. The van der Waals surface area contributed by atoms with Gasteiger partial charge in [0.05, 0.1) is 11.7 Å². The monoisotopic (exact) mass is 452 g/mol. The Labute approximate surface area is 201 Å². The van der Waals surface area contributed by atoms with Crippen LogP contribution in [0.5, 0.6) is 0 Å². The molecule has 2 aliphatic heterocycles. The quantitative estimate of drug-likeness (QED) is 0.485. The lowest BCUT2D eigenvalue weighted by molar-refractivity contribution is 0.174. The zero-order valence-electron chi connectivity index (χ0n) is 21.8. The molecule has 0 aromatic heterocycles. The van der Waals surface area contributed by atoms with E-state index in [0.29, 0.717) is 0 Å². The van der Waals surface area contributed by atoms with Gasteiger partial charge in [-0.3, -0.25) is 14.9 Å². The van der Waals surface area contributed by atoms with Crippen LogP contribution in [0.1, 0.15) is 49.9 Å². The van der Waals surface area contributed by atoms with Gasteiger partial charge in [-0.05, 0) is 64.3 Å². The molecule has 2 saturated heterocycles. The predicted molar refractivity (Wildman–Crippen MR) is 142 cm³/mol. The minimum atomic E-state index is 0.852. The second-order valence-corrected chi connectivity index (χ2v) is 9.32. The molecule has 3 rings (SSSR count). The fourth-order valence-electron chi connectivity index (χ4n) is 4.98. The molecular formula is C27H44N6. The van der Waals surface area contributed by atoms with Crippen molar-refractivity contribution >= 4 is 17.4 Å². The number of aryl methyl sites for hydroxylation is 2. The second-order valence-electron chi connectivity index (χ2n) is 9.32. The van der Waals surface area contributed by atoms with Crippen LogP contribution in [0.4, 0.5) is 0 Å². The average molecular weight is 453 g/mol. The molecule has 0 saturated carbocycles. The molecule has 0 N–H and O–H groups in total. The maximum absolute atomic E-state index is 4.58. The summed E-state index contributed by atoms with van der Waals surface area (Å²) >= 11 is 0. The van der Waals surface area contributed by atoms with Crippen molar-refractivity contribution in [2.24, 2.45) is 9.98 Å². The Bertz CT molecular complexity index is 871. The number of nitrogens with zero attached hydrogens (tertiary/aromatic N) is 6. The van der Waals surface area contributed by atoms with Crippen LogP contribution in [0, 0.1) is 13.8 Å². The van der Waals surface area contributed by atoms with E-state index < -0.39 is 0 Å². The third-order valence-corrected chi connectivity index (χ3v) is 7.11. The Morgan fingerprint density at radius 1 is 0.758 bits per heavy atom. The van der Waals surface area contributed by atoms with E-state index in [4.69, 9.17) is 0 Å². The minimum Gasteiger partial charge on any atom is -0.368 e. The molecule has 0 radical (unpaired) electrons. The van der Waals surface area contributed by atoms with E-state index in [9.17, 15) is 0 Å². The van der Waals surface area contributed by atoms with Crippen molar-refractivity contribution in [2.45, 2.75) is 48.1 Å². The van der Waals surface area contributed by atoms with Gasteiger partial charge in [0.25, 0.3) is 0 Å². The number of aliphatic imine (C=N–C) groups is 2. The van der Waals surface area contributed by atoms with Crippen LogP contribution in [0.25, 0.3) is 5.70 Å². The highest BCUT2D eigenvalue weighted by molar-refractivity contribution is 5.80. The van der Waals surface area contributed by atoms with Crippen molar-refractivity contribution in [2.75, 3.05) is 65.4 Å². The molecule has 0 unspecified atom stereocenters. The van der Waals surface area contributed by atoms with Gasteiger partial charge in [0.15, 0.2) is 0 Å². The number of piperazine rings is 2. The molecule has 1 aromatic carbocycles. The predicted octanol–water partition coefficient (Wildman–Crippen LogP) is 3.89. The van der Waals surface area contributed by atoms with Gasteiger partial charge in [0.1, 0.15) is 0 Å². The average Bonchev–Trinajstić information content (AvgIpc) is 2.81. The number of hydrogen-bond acceptors (Lipinski definition) is 4. The molecule has 2 aliphatic rings. The maximum atomic E-state index is 4.58. The van der Waals surface area contributed by atoms with Gasteiger partial charge in [0.2, 0.25) is 0 Å². The first-order valence-corrected chi connectivity index (χ1v) is 12.6. The highest BCUT2D eigenvalue weighted by atomic mass is 15.3. The smallest absolute Gasteiger partial charge is 0.0958 e. The lowest BCUT2D eigenvalue weighted by Crippen LogP contribution is -2.47. The standard InChI is InChI=1S/C27H44N6/c1-8-28-24(6)32-12-10-30(11-13-32)20-26-19-27(22(4)18-21(26)3)23(5)31-14-16-33(17-15-31)25(7)29-9-2/h18-19H,5,8-17,20H2,1-4,6-7H3. The largest absolute Gasteiger partial charge is 0.368 e. The maximum Gasteiger partial charge on any atom is 0.0958 e. The molecule has 0 spiro atoms. The Morgan fingerprint density at radius 3 is 1.76 bits per heavy atom. The molecule has 0 aliphatic carbocycles. The molecule has 1 aromatic rings. The summed E-state index contributed by atoms with van der Waals surface area (Å²) in [6, 6.07) is 4.75. The Hall–Kier alpha value is -2.34. The lowest BCUT2D eigenvalue weighted by atomic mass is 9.97. The highest BCUT2D eigenvalue weighted by Crippen LogP contribution is 2.27. The summed E-state index contributed by atoms with van der Waals surface area (Å²) in [5.41, 5.74) is 6.59. The fraction of sp³-hybridized carbons (Fsp3) is 0.630. The Kier molecular flexibility index (Phi) is 8.95. The van der Waals surface area contributed by atoms with E-state index in [1.165, 1.54) is 28.1 Å². The van der Waals surface area contributed by atoms with E-state index in [2.05, 4.69) is 89.8 Å². The molecule has 0 amide bonds. The van der Waals surface area contributed by atoms with Gasteiger partial charge in [-0.25, -0.2) is 0 Å². The van der Waals surface area contributed by atoms with Crippen molar-refractivity contribution in [1.29, 1.82) is 0 Å². The molecule has 6 nitrogen and oxygen atoms in total. The molecule has 182 valence electrons. The molecule has 0 bridgehead atoms. The second kappa shape index (κ2) is 11.7. The summed E-state index contributed by atoms with van der Waals surface area (Å²) in [7, 11) is 0. The number of rotatable bonds is 6. The molecule has 6 heteroatoms.